The van der Waals surface area contributed by atoms with Crippen LogP contribution in [0, 0.1) is 21.3 Å². The van der Waals surface area contributed by atoms with Gasteiger partial charge in [0.1, 0.15) is 5.82 Å². The molecule has 0 saturated heterocycles. The average molecular weight is 346 g/mol. The normalized spacial score (nSPS) is 12.5. The van der Waals surface area contributed by atoms with Crippen LogP contribution in [0.2, 0.25) is 0 Å². The van der Waals surface area contributed by atoms with Crippen molar-refractivity contribution in [2.75, 3.05) is 0 Å². The van der Waals surface area contributed by atoms with Gasteiger partial charge in [0.25, 0.3) is 5.69 Å². The van der Waals surface area contributed by atoms with Crippen molar-refractivity contribution in [3.63, 3.8) is 0 Å². The molecule has 0 heterocycles. The maximum Gasteiger partial charge on any atom is 0.405 e. The summed E-state index contributed by atoms with van der Waals surface area (Å²) in [6, 6.07) is 9.46. The van der Waals surface area contributed by atoms with Crippen molar-refractivity contribution in [3.8, 4) is 11.1 Å². The predicted octanol–water partition coefficient (Wildman–Crippen LogP) is 4.76. The van der Waals surface area contributed by atoms with Gasteiger partial charge in [0.15, 0.2) is 0 Å². The minimum Gasteiger partial charge on any atom is -0.465 e. The summed E-state index contributed by atoms with van der Waals surface area (Å²) in [5, 5.41) is 22.7. The fourth-order valence-corrected chi connectivity index (χ4v) is 2.68. The Bertz CT molecular complexity index is 798. The first-order chi connectivity index (χ1) is 11.6. The number of carbonyl (C=O) groups is 1. The Hall–Kier alpha value is -2.96. The lowest BCUT2D eigenvalue weighted by atomic mass is 9.82. The number of nitrogens with zero attached hydrogens (tertiary/aromatic N) is 1. The molecule has 1 unspecified atom stereocenters. The number of hydrogen-bond donors (Lipinski definition) is 2. The van der Waals surface area contributed by atoms with E-state index in [0.29, 0.717) is 5.56 Å². The van der Waals surface area contributed by atoms with Crippen molar-refractivity contribution < 1.29 is 19.2 Å². The average Bonchev–Trinajstić information content (AvgIpc) is 2.51. The van der Waals surface area contributed by atoms with Crippen molar-refractivity contribution in [2.24, 2.45) is 5.41 Å². The molecule has 0 aliphatic rings. The third-order valence-electron chi connectivity index (χ3n) is 3.84. The van der Waals surface area contributed by atoms with E-state index in [0.717, 1.165) is 23.8 Å². The van der Waals surface area contributed by atoms with Gasteiger partial charge in [0.2, 0.25) is 0 Å². The van der Waals surface area contributed by atoms with Crippen LogP contribution >= 0.6 is 0 Å². The minimum absolute atomic E-state index is 0.176. The molecule has 0 spiro atoms. The van der Waals surface area contributed by atoms with Crippen LogP contribution in [0.5, 0.6) is 0 Å². The monoisotopic (exact) mass is 346 g/mol. The van der Waals surface area contributed by atoms with Gasteiger partial charge in [-0.15, -0.1) is 0 Å². The second-order valence-corrected chi connectivity index (χ2v) is 6.79. The van der Waals surface area contributed by atoms with Crippen LogP contribution in [-0.2, 0) is 0 Å². The Balaban J connectivity index is 2.45. The van der Waals surface area contributed by atoms with E-state index in [4.69, 9.17) is 5.11 Å². The molecule has 0 aliphatic heterocycles. The summed E-state index contributed by atoms with van der Waals surface area (Å²) in [7, 11) is 0. The topological polar surface area (TPSA) is 92.5 Å². The molecule has 0 radical (unpaired) electrons. The summed E-state index contributed by atoms with van der Waals surface area (Å²) in [6.07, 6.45) is -1.13. The standard InChI is InChI=1S/C18H19FN2O4/c1-18(2,3)16(20-17(22)23)12-6-4-11(5-7-12)14-10-13(19)8-9-15(14)21(24)25/h4-10,16,20H,1-3H3,(H,22,23). The Morgan fingerprint density at radius 2 is 1.80 bits per heavy atom. The van der Waals surface area contributed by atoms with Gasteiger partial charge in [-0.3, -0.25) is 10.1 Å². The SMILES string of the molecule is CC(C)(C)C(NC(=O)O)c1ccc(-c2cc(F)ccc2[N+](=O)[O-])cc1. The fourth-order valence-electron chi connectivity index (χ4n) is 2.68. The smallest absolute Gasteiger partial charge is 0.405 e. The first kappa shape index (κ1) is 18.4. The molecular weight excluding hydrogens is 327 g/mol. The molecule has 1 atom stereocenters. The number of benzene rings is 2. The van der Waals surface area contributed by atoms with Crippen molar-refractivity contribution in [1.82, 2.24) is 5.32 Å². The maximum absolute atomic E-state index is 13.5. The molecule has 2 N–H and O–H groups in total. The van der Waals surface area contributed by atoms with Crippen LogP contribution in [0.25, 0.3) is 11.1 Å². The van der Waals surface area contributed by atoms with Crippen molar-refractivity contribution in [1.29, 1.82) is 0 Å². The van der Waals surface area contributed by atoms with Crippen LogP contribution in [-0.4, -0.2) is 16.1 Å². The molecule has 2 rings (SSSR count). The highest BCUT2D eigenvalue weighted by Gasteiger charge is 2.28. The second-order valence-electron chi connectivity index (χ2n) is 6.79. The van der Waals surface area contributed by atoms with E-state index in [9.17, 15) is 19.3 Å². The lowest BCUT2D eigenvalue weighted by Gasteiger charge is -2.31. The maximum atomic E-state index is 13.5. The van der Waals surface area contributed by atoms with Crippen LogP contribution in [0.3, 0.4) is 0 Å². The number of nitro groups is 1. The number of rotatable bonds is 4. The molecule has 0 aliphatic carbocycles. The lowest BCUT2D eigenvalue weighted by molar-refractivity contribution is -0.384. The summed E-state index contributed by atoms with van der Waals surface area (Å²) in [5.74, 6) is -0.565. The van der Waals surface area contributed by atoms with E-state index < -0.39 is 22.9 Å². The van der Waals surface area contributed by atoms with Crippen LogP contribution in [0.15, 0.2) is 42.5 Å². The Morgan fingerprint density at radius 3 is 2.28 bits per heavy atom. The molecule has 132 valence electrons. The van der Waals surface area contributed by atoms with Crippen LogP contribution in [0.4, 0.5) is 14.9 Å². The third kappa shape index (κ3) is 4.32. The van der Waals surface area contributed by atoms with E-state index in [1.54, 1.807) is 24.3 Å². The second kappa shape index (κ2) is 6.88. The number of amides is 1. The van der Waals surface area contributed by atoms with Crippen molar-refractivity contribution in [3.05, 3.63) is 64.0 Å². The summed E-state index contributed by atoms with van der Waals surface area (Å²) in [4.78, 5) is 21.6. The molecule has 0 fully saturated rings. The zero-order valence-electron chi connectivity index (χ0n) is 14.1. The van der Waals surface area contributed by atoms with Gasteiger partial charge in [-0.05, 0) is 28.7 Å². The number of nitro benzene ring substituents is 1. The summed E-state index contributed by atoms with van der Waals surface area (Å²) in [5.41, 5.74) is 0.820. The summed E-state index contributed by atoms with van der Waals surface area (Å²) >= 11 is 0. The summed E-state index contributed by atoms with van der Waals surface area (Å²) < 4.78 is 13.5. The van der Waals surface area contributed by atoms with E-state index in [2.05, 4.69) is 5.32 Å². The third-order valence-corrected chi connectivity index (χ3v) is 3.84. The Kier molecular flexibility index (Phi) is 5.06. The quantitative estimate of drug-likeness (QED) is 0.617. The highest BCUT2D eigenvalue weighted by atomic mass is 19.1. The lowest BCUT2D eigenvalue weighted by Crippen LogP contribution is -2.35. The van der Waals surface area contributed by atoms with Crippen molar-refractivity contribution >= 4 is 11.8 Å². The van der Waals surface area contributed by atoms with E-state index in [-0.39, 0.29) is 16.7 Å². The first-order valence-electron chi connectivity index (χ1n) is 7.63. The molecule has 7 heteroatoms. The molecule has 1 amide bonds. The zero-order chi connectivity index (χ0) is 18.8. The number of carboxylic acid groups (broad SMARTS) is 1. The largest absolute Gasteiger partial charge is 0.465 e. The Labute approximate surface area is 144 Å². The molecular formula is C18H19FN2O4. The number of hydrogen-bond acceptors (Lipinski definition) is 3. The molecule has 25 heavy (non-hydrogen) atoms. The summed E-state index contributed by atoms with van der Waals surface area (Å²) in [6.45, 7) is 5.71. The first-order valence-corrected chi connectivity index (χ1v) is 7.63. The minimum atomic E-state index is -1.13. The highest BCUT2D eigenvalue weighted by molar-refractivity contribution is 5.73. The predicted molar refractivity (Wildman–Crippen MR) is 91.8 cm³/mol. The van der Waals surface area contributed by atoms with Gasteiger partial charge >= 0.3 is 6.09 Å². The van der Waals surface area contributed by atoms with E-state index in [1.165, 1.54) is 0 Å². The van der Waals surface area contributed by atoms with Gasteiger partial charge < -0.3 is 10.4 Å². The van der Waals surface area contributed by atoms with Gasteiger partial charge in [-0.1, -0.05) is 45.0 Å². The Morgan fingerprint density at radius 1 is 1.20 bits per heavy atom. The molecule has 0 saturated carbocycles. The molecule has 0 bridgehead atoms. The highest BCUT2D eigenvalue weighted by Crippen LogP contribution is 2.35. The van der Waals surface area contributed by atoms with E-state index in [1.807, 2.05) is 20.8 Å². The van der Waals surface area contributed by atoms with Gasteiger partial charge in [0.05, 0.1) is 16.5 Å². The van der Waals surface area contributed by atoms with Crippen LogP contribution in [0.1, 0.15) is 32.4 Å². The van der Waals surface area contributed by atoms with Gasteiger partial charge in [-0.25, -0.2) is 9.18 Å². The molecule has 6 nitrogen and oxygen atoms in total. The van der Waals surface area contributed by atoms with Crippen molar-refractivity contribution in [2.45, 2.75) is 26.8 Å². The fraction of sp³-hybridized carbons (Fsp3) is 0.278. The van der Waals surface area contributed by atoms with Crippen LogP contribution < -0.4 is 5.32 Å². The van der Waals surface area contributed by atoms with Gasteiger partial charge in [-0.2, -0.15) is 0 Å². The number of nitrogens with one attached hydrogen (secondary N) is 1. The van der Waals surface area contributed by atoms with Gasteiger partial charge in [0, 0.05) is 6.07 Å². The molecule has 2 aromatic rings. The molecule has 0 aromatic heterocycles. The molecule has 2 aromatic carbocycles. The number of halogens is 1. The zero-order valence-corrected chi connectivity index (χ0v) is 14.1. The van der Waals surface area contributed by atoms with E-state index >= 15 is 0 Å².